The molecular formula is C18H34N2. The van der Waals surface area contributed by atoms with Crippen molar-refractivity contribution in [2.45, 2.75) is 83.2 Å². The summed E-state index contributed by atoms with van der Waals surface area (Å²) < 4.78 is 0. The Morgan fingerprint density at radius 3 is 2.30 bits per heavy atom. The van der Waals surface area contributed by atoms with E-state index in [1.165, 1.54) is 70.8 Å². The van der Waals surface area contributed by atoms with Crippen molar-refractivity contribution in [2.75, 3.05) is 13.1 Å². The minimum absolute atomic E-state index is 0.690. The fourth-order valence-corrected chi connectivity index (χ4v) is 5.34. The van der Waals surface area contributed by atoms with Gasteiger partial charge in [-0.25, -0.2) is 0 Å². The molecule has 1 heterocycles. The lowest BCUT2D eigenvalue weighted by Crippen LogP contribution is -2.50. The first-order valence-corrected chi connectivity index (χ1v) is 9.25. The summed E-state index contributed by atoms with van der Waals surface area (Å²) in [7, 11) is 0. The third-order valence-corrected chi connectivity index (χ3v) is 6.56. The predicted molar refractivity (Wildman–Crippen MR) is 85.7 cm³/mol. The quantitative estimate of drug-likeness (QED) is 0.847. The Balaban J connectivity index is 1.64. The van der Waals surface area contributed by atoms with E-state index in [2.05, 4.69) is 11.8 Å². The van der Waals surface area contributed by atoms with Crippen molar-refractivity contribution in [3.8, 4) is 0 Å². The second kappa shape index (κ2) is 6.79. The van der Waals surface area contributed by atoms with E-state index in [0.717, 1.165) is 30.3 Å². The lowest BCUT2D eigenvalue weighted by Gasteiger charge is -2.42. The summed E-state index contributed by atoms with van der Waals surface area (Å²) in [5, 5.41) is 0. The molecule has 2 unspecified atom stereocenters. The minimum Gasteiger partial charge on any atom is -0.329 e. The predicted octanol–water partition coefficient (Wildman–Crippen LogP) is 3.79. The van der Waals surface area contributed by atoms with Gasteiger partial charge < -0.3 is 5.73 Å². The summed E-state index contributed by atoms with van der Waals surface area (Å²) in [6.45, 7) is 4.64. The van der Waals surface area contributed by atoms with Gasteiger partial charge in [-0.05, 0) is 62.8 Å². The maximum Gasteiger partial charge on any atom is 0.0249 e. The molecule has 2 N–H and O–H groups in total. The van der Waals surface area contributed by atoms with Crippen LogP contribution >= 0.6 is 0 Å². The van der Waals surface area contributed by atoms with Crippen LogP contribution in [0.1, 0.15) is 71.1 Å². The van der Waals surface area contributed by atoms with Crippen molar-refractivity contribution in [3.05, 3.63) is 0 Å². The molecular weight excluding hydrogens is 244 g/mol. The third kappa shape index (κ3) is 3.06. The van der Waals surface area contributed by atoms with E-state index < -0.39 is 0 Å². The molecule has 0 bridgehead atoms. The topological polar surface area (TPSA) is 29.3 Å². The molecule has 20 heavy (non-hydrogen) atoms. The zero-order valence-corrected chi connectivity index (χ0v) is 13.4. The summed E-state index contributed by atoms with van der Waals surface area (Å²) in [5.41, 5.74) is 6.24. The van der Waals surface area contributed by atoms with Crippen LogP contribution < -0.4 is 5.73 Å². The van der Waals surface area contributed by atoms with Gasteiger partial charge in [0.25, 0.3) is 0 Å². The number of nitrogens with zero attached hydrogens (tertiary/aromatic N) is 1. The third-order valence-electron chi connectivity index (χ3n) is 6.56. The van der Waals surface area contributed by atoms with E-state index in [1.807, 2.05) is 0 Å². The van der Waals surface area contributed by atoms with Crippen molar-refractivity contribution in [1.82, 2.24) is 4.90 Å². The zero-order chi connectivity index (χ0) is 13.9. The van der Waals surface area contributed by atoms with Crippen molar-refractivity contribution in [3.63, 3.8) is 0 Å². The fraction of sp³-hybridized carbons (Fsp3) is 1.00. The molecule has 2 nitrogen and oxygen atoms in total. The molecule has 3 rings (SSSR count). The van der Waals surface area contributed by atoms with Gasteiger partial charge in [0.05, 0.1) is 0 Å². The van der Waals surface area contributed by atoms with Gasteiger partial charge in [0.15, 0.2) is 0 Å². The molecule has 0 spiro atoms. The fourth-order valence-electron chi connectivity index (χ4n) is 5.34. The molecule has 3 aliphatic rings. The maximum atomic E-state index is 6.24. The molecule has 2 atom stereocenters. The molecule has 0 aromatic heterocycles. The summed E-state index contributed by atoms with van der Waals surface area (Å²) in [6, 6.07) is 1.57. The van der Waals surface area contributed by atoms with Gasteiger partial charge >= 0.3 is 0 Å². The molecule has 0 aromatic carbocycles. The van der Waals surface area contributed by atoms with E-state index in [-0.39, 0.29) is 0 Å². The van der Waals surface area contributed by atoms with Crippen LogP contribution in [0.3, 0.4) is 0 Å². The SMILES string of the molecule is CC1CCC(C(CN)N2CCCC2C2CCCC2)CC1. The van der Waals surface area contributed by atoms with Gasteiger partial charge in [-0.1, -0.05) is 32.6 Å². The standard InChI is InChI=1S/C18H34N2/c1-14-8-10-16(11-9-14)18(13-19)20-12-4-7-17(20)15-5-2-3-6-15/h14-18H,2-13,19H2,1H3. The van der Waals surface area contributed by atoms with Crippen LogP contribution in [0.15, 0.2) is 0 Å². The van der Waals surface area contributed by atoms with Gasteiger partial charge in [0, 0.05) is 18.6 Å². The Bertz CT molecular complexity index is 290. The smallest absolute Gasteiger partial charge is 0.0249 e. The van der Waals surface area contributed by atoms with Crippen LogP contribution in [0.25, 0.3) is 0 Å². The van der Waals surface area contributed by atoms with E-state index in [1.54, 1.807) is 0 Å². The summed E-state index contributed by atoms with van der Waals surface area (Å²) in [4.78, 5) is 2.87. The number of hydrogen-bond acceptors (Lipinski definition) is 2. The average molecular weight is 278 g/mol. The molecule has 2 heteroatoms. The Hall–Kier alpha value is -0.0800. The molecule has 0 radical (unpaired) electrons. The lowest BCUT2D eigenvalue weighted by atomic mass is 9.78. The van der Waals surface area contributed by atoms with Crippen LogP contribution in [0.4, 0.5) is 0 Å². The van der Waals surface area contributed by atoms with Crippen LogP contribution in [0, 0.1) is 17.8 Å². The van der Waals surface area contributed by atoms with E-state index in [4.69, 9.17) is 5.73 Å². The van der Waals surface area contributed by atoms with Gasteiger partial charge in [-0.2, -0.15) is 0 Å². The van der Waals surface area contributed by atoms with Gasteiger partial charge in [0.1, 0.15) is 0 Å². The van der Waals surface area contributed by atoms with Crippen LogP contribution in [-0.2, 0) is 0 Å². The molecule has 0 aromatic rings. The highest BCUT2D eigenvalue weighted by Crippen LogP contribution is 2.39. The van der Waals surface area contributed by atoms with Crippen LogP contribution in [-0.4, -0.2) is 30.1 Å². The van der Waals surface area contributed by atoms with Crippen LogP contribution in [0.2, 0.25) is 0 Å². The van der Waals surface area contributed by atoms with Crippen molar-refractivity contribution in [1.29, 1.82) is 0 Å². The largest absolute Gasteiger partial charge is 0.329 e. The number of rotatable bonds is 4. The number of hydrogen-bond donors (Lipinski definition) is 1. The van der Waals surface area contributed by atoms with Gasteiger partial charge in [-0.3, -0.25) is 4.90 Å². The van der Waals surface area contributed by atoms with Crippen LogP contribution in [0.5, 0.6) is 0 Å². The molecule has 3 fully saturated rings. The zero-order valence-electron chi connectivity index (χ0n) is 13.4. The average Bonchev–Trinajstić information content (AvgIpc) is 3.12. The van der Waals surface area contributed by atoms with E-state index in [0.29, 0.717) is 6.04 Å². The molecule has 116 valence electrons. The normalized spacial score (nSPS) is 38.4. The monoisotopic (exact) mass is 278 g/mol. The minimum atomic E-state index is 0.690. The highest BCUT2D eigenvalue weighted by molar-refractivity contribution is 4.94. The molecule has 1 aliphatic heterocycles. The Kier molecular flexibility index (Phi) is 5.04. The summed E-state index contributed by atoms with van der Waals surface area (Å²) in [5.74, 6) is 2.83. The lowest BCUT2D eigenvalue weighted by molar-refractivity contribution is 0.0770. The van der Waals surface area contributed by atoms with Crippen molar-refractivity contribution >= 4 is 0 Å². The summed E-state index contributed by atoms with van der Waals surface area (Å²) >= 11 is 0. The van der Waals surface area contributed by atoms with Gasteiger partial charge in [0.2, 0.25) is 0 Å². The maximum absolute atomic E-state index is 6.24. The molecule has 0 amide bonds. The Labute approximate surface area is 125 Å². The van der Waals surface area contributed by atoms with E-state index >= 15 is 0 Å². The second-order valence-corrected chi connectivity index (χ2v) is 7.81. The highest BCUT2D eigenvalue weighted by Gasteiger charge is 2.39. The van der Waals surface area contributed by atoms with Crippen molar-refractivity contribution in [2.24, 2.45) is 23.5 Å². The summed E-state index contributed by atoms with van der Waals surface area (Å²) in [6.07, 6.45) is 14.5. The van der Waals surface area contributed by atoms with E-state index in [9.17, 15) is 0 Å². The first kappa shape index (κ1) is 14.8. The Morgan fingerprint density at radius 2 is 1.65 bits per heavy atom. The second-order valence-electron chi connectivity index (χ2n) is 7.81. The van der Waals surface area contributed by atoms with Gasteiger partial charge in [-0.15, -0.1) is 0 Å². The highest BCUT2D eigenvalue weighted by atomic mass is 15.2. The molecule has 2 saturated carbocycles. The number of nitrogens with two attached hydrogens (primary N) is 1. The van der Waals surface area contributed by atoms with Crippen molar-refractivity contribution < 1.29 is 0 Å². The molecule has 2 aliphatic carbocycles. The Morgan fingerprint density at radius 1 is 0.950 bits per heavy atom. The molecule has 1 saturated heterocycles. The number of likely N-dealkylation sites (tertiary alicyclic amines) is 1. The first-order chi connectivity index (χ1) is 9.79. The first-order valence-electron chi connectivity index (χ1n) is 9.25.